The molecular formula is C26H26F3N5O3. The Bertz CT molecular complexity index is 1500. The molecule has 1 fully saturated rings. The van der Waals surface area contributed by atoms with Crippen LogP contribution in [0.25, 0.3) is 16.6 Å². The lowest BCUT2D eigenvalue weighted by Crippen LogP contribution is -2.44. The van der Waals surface area contributed by atoms with E-state index >= 15 is 4.39 Å². The number of anilines is 1. The van der Waals surface area contributed by atoms with Crippen LogP contribution in [0, 0.1) is 5.82 Å². The fraction of sp³-hybridized carbons (Fsp3) is 0.346. The molecule has 0 spiro atoms. The summed E-state index contributed by atoms with van der Waals surface area (Å²) in [5.74, 6) is -0.675. The number of fused-ring (bicyclic) bond motifs is 6. The number of carbonyl (C=O) groups excluding carboxylic acids is 1. The topological polar surface area (TPSA) is 95.0 Å². The van der Waals surface area contributed by atoms with Crippen LogP contribution in [-0.4, -0.2) is 43.9 Å². The molecule has 11 heteroatoms. The number of halogens is 3. The maximum absolute atomic E-state index is 15.2. The minimum Gasteiger partial charge on any atom is -0.487 e. The second kappa shape index (κ2) is 9.13. The van der Waals surface area contributed by atoms with Gasteiger partial charge >= 0.3 is 6.11 Å². The number of nitrogen functional groups attached to an aromatic ring is 1. The molecule has 2 aromatic carbocycles. The van der Waals surface area contributed by atoms with E-state index in [1.54, 1.807) is 21.6 Å². The minimum absolute atomic E-state index is 0.0375. The maximum atomic E-state index is 15.2. The molecule has 1 amide bonds. The summed E-state index contributed by atoms with van der Waals surface area (Å²) in [6.07, 6.45) is 0.680. The number of rotatable bonds is 3. The second-order valence-electron chi connectivity index (χ2n) is 8.82. The van der Waals surface area contributed by atoms with Crippen LogP contribution >= 0.6 is 0 Å². The standard InChI is InChI=1S/C24H20F3N5O3.C2H6/c1-24(26,27)35-12-4-5-13-20(7-12)34-19-3-2-6-31(21(13)19)23(33)14-8-17-16(9-15(14)25)30-22(28)18-10-29-11-32(17)18;1-2/h4-5,7-11,19,21H,2-3,6H2,1H3,(H2,28,30);1-2H3/t19-,21-;/m1./s1. The van der Waals surface area contributed by atoms with E-state index in [0.29, 0.717) is 54.2 Å². The van der Waals surface area contributed by atoms with Gasteiger partial charge in [-0.05, 0) is 31.0 Å². The molecule has 6 rings (SSSR count). The van der Waals surface area contributed by atoms with Crippen molar-refractivity contribution in [3.05, 3.63) is 59.8 Å². The van der Waals surface area contributed by atoms with Gasteiger partial charge in [-0.3, -0.25) is 9.20 Å². The van der Waals surface area contributed by atoms with E-state index in [1.807, 2.05) is 13.8 Å². The molecule has 194 valence electrons. The summed E-state index contributed by atoms with van der Waals surface area (Å²) in [5, 5.41) is 0. The zero-order valence-electron chi connectivity index (χ0n) is 20.5. The van der Waals surface area contributed by atoms with Gasteiger partial charge in [0, 0.05) is 31.2 Å². The number of benzene rings is 2. The fourth-order valence-electron chi connectivity index (χ4n) is 4.99. The molecule has 0 radical (unpaired) electrons. The highest BCUT2D eigenvalue weighted by molar-refractivity contribution is 5.99. The number of hydrogen-bond donors (Lipinski definition) is 1. The first-order valence-corrected chi connectivity index (χ1v) is 12.1. The van der Waals surface area contributed by atoms with E-state index in [-0.39, 0.29) is 23.2 Å². The molecule has 37 heavy (non-hydrogen) atoms. The molecule has 0 unspecified atom stereocenters. The first-order valence-electron chi connectivity index (χ1n) is 12.1. The largest absolute Gasteiger partial charge is 0.487 e. The first kappa shape index (κ1) is 24.7. The zero-order valence-corrected chi connectivity index (χ0v) is 20.5. The third kappa shape index (κ3) is 4.28. The average Bonchev–Trinajstić information content (AvgIpc) is 3.49. The number of imidazole rings is 1. The fourth-order valence-corrected chi connectivity index (χ4v) is 4.99. The van der Waals surface area contributed by atoms with E-state index in [9.17, 15) is 13.6 Å². The maximum Gasteiger partial charge on any atom is 0.394 e. The predicted octanol–water partition coefficient (Wildman–Crippen LogP) is 5.36. The number of likely N-dealkylation sites (tertiary alicyclic amines) is 1. The summed E-state index contributed by atoms with van der Waals surface area (Å²) >= 11 is 0. The summed E-state index contributed by atoms with van der Waals surface area (Å²) in [6.45, 7) is 5.05. The van der Waals surface area contributed by atoms with Gasteiger partial charge in [0.15, 0.2) is 0 Å². The van der Waals surface area contributed by atoms with E-state index in [0.717, 1.165) is 0 Å². The van der Waals surface area contributed by atoms with Gasteiger partial charge in [0.05, 0.1) is 35.2 Å². The molecular weight excluding hydrogens is 487 g/mol. The molecule has 1 saturated heterocycles. The van der Waals surface area contributed by atoms with Crippen LogP contribution in [0.3, 0.4) is 0 Å². The Balaban J connectivity index is 0.00000137. The Hall–Kier alpha value is -4.02. The lowest BCUT2D eigenvalue weighted by molar-refractivity contribution is -0.159. The van der Waals surface area contributed by atoms with Crippen molar-refractivity contribution in [2.24, 2.45) is 0 Å². The normalized spacial score (nSPS) is 18.6. The highest BCUT2D eigenvalue weighted by Crippen LogP contribution is 2.46. The summed E-state index contributed by atoms with van der Waals surface area (Å²) in [6, 6.07) is 6.60. The molecule has 2 atom stereocenters. The predicted molar refractivity (Wildman–Crippen MR) is 131 cm³/mol. The molecule has 0 aliphatic carbocycles. The Morgan fingerprint density at radius 2 is 2.00 bits per heavy atom. The van der Waals surface area contributed by atoms with Crippen molar-refractivity contribution in [1.82, 2.24) is 19.3 Å². The van der Waals surface area contributed by atoms with E-state index in [1.165, 1.54) is 30.6 Å². The van der Waals surface area contributed by atoms with Crippen LogP contribution in [0.15, 0.2) is 42.9 Å². The van der Waals surface area contributed by atoms with Crippen molar-refractivity contribution in [2.45, 2.75) is 51.9 Å². The monoisotopic (exact) mass is 513 g/mol. The van der Waals surface area contributed by atoms with Gasteiger partial charge in [0.1, 0.15) is 34.8 Å². The molecule has 2 N–H and O–H groups in total. The van der Waals surface area contributed by atoms with E-state index in [4.69, 9.17) is 10.5 Å². The average molecular weight is 514 g/mol. The van der Waals surface area contributed by atoms with Crippen molar-refractivity contribution in [3.63, 3.8) is 0 Å². The molecule has 0 saturated carbocycles. The van der Waals surface area contributed by atoms with Crippen LogP contribution in [0.1, 0.15) is 55.6 Å². The highest BCUT2D eigenvalue weighted by atomic mass is 19.3. The Kier molecular flexibility index (Phi) is 6.09. The third-order valence-electron chi connectivity index (χ3n) is 6.41. The number of ether oxygens (including phenoxy) is 2. The van der Waals surface area contributed by atoms with E-state index < -0.39 is 23.9 Å². The lowest BCUT2D eigenvalue weighted by Gasteiger charge is -2.36. The first-order chi connectivity index (χ1) is 17.7. The van der Waals surface area contributed by atoms with Gasteiger partial charge in [0.25, 0.3) is 5.91 Å². The van der Waals surface area contributed by atoms with Crippen LogP contribution in [0.2, 0.25) is 0 Å². The molecule has 4 aromatic rings. The lowest BCUT2D eigenvalue weighted by atomic mass is 9.93. The number of aromatic nitrogens is 3. The quantitative estimate of drug-likeness (QED) is 0.396. The number of hydrogen-bond acceptors (Lipinski definition) is 6. The SMILES string of the molecule is CC.CC(F)(F)Oc1ccc2c(c1)O[C@@H]1CCCN(C(=O)c3cc4c(cc3F)nc(N)c3cncn34)[C@H]21. The van der Waals surface area contributed by atoms with Crippen molar-refractivity contribution in [3.8, 4) is 11.5 Å². The van der Waals surface area contributed by atoms with Crippen LogP contribution in [0.4, 0.5) is 19.0 Å². The Morgan fingerprint density at radius 1 is 1.22 bits per heavy atom. The molecule has 0 bridgehead atoms. The summed E-state index contributed by atoms with van der Waals surface area (Å²) in [5.41, 5.74) is 7.85. The van der Waals surface area contributed by atoms with Gasteiger partial charge < -0.3 is 20.1 Å². The van der Waals surface area contributed by atoms with Crippen LogP contribution in [-0.2, 0) is 0 Å². The van der Waals surface area contributed by atoms with Crippen molar-refractivity contribution in [1.29, 1.82) is 0 Å². The van der Waals surface area contributed by atoms with Crippen LogP contribution < -0.4 is 15.2 Å². The van der Waals surface area contributed by atoms with Gasteiger partial charge in [-0.15, -0.1) is 0 Å². The van der Waals surface area contributed by atoms with Crippen molar-refractivity contribution < 1.29 is 27.4 Å². The molecule has 2 aliphatic heterocycles. The number of amides is 1. The molecule has 4 heterocycles. The second-order valence-corrected chi connectivity index (χ2v) is 8.82. The van der Waals surface area contributed by atoms with Gasteiger partial charge in [0.2, 0.25) is 0 Å². The summed E-state index contributed by atoms with van der Waals surface area (Å²) < 4.78 is 54.0. The van der Waals surface area contributed by atoms with Gasteiger partial charge in [-0.2, -0.15) is 8.78 Å². The number of alkyl halides is 2. The van der Waals surface area contributed by atoms with Crippen molar-refractivity contribution >= 4 is 28.3 Å². The number of nitrogens with zero attached hydrogens (tertiary/aromatic N) is 4. The smallest absolute Gasteiger partial charge is 0.394 e. The molecule has 2 aliphatic rings. The van der Waals surface area contributed by atoms with Gasteiger partial charge in [-0.1, -0.05) is 13.8 Å². The molecule has 8 nitrogen and oxygen atoms in total. The Morgan fingerprint density at radius 3 is 2.76 bits per heavy atom. The van der Waals surface area contributed by atoms with Crippen LogP contribution in [0.5, 0.6) is 11.5 Å². The van der Waals surface area contributed by atoms with Gasteiger partial charge in [-0.25, -0.2) is 14.4 Å². The molecule has 2 aromatic heterocycles. The number of piperidine rings is 1. The Labute approximate surface area is 210 Å². The number of nitrogens with two attached hydrogens (primary N) is 1. The van der Waals surface area contributed by atoms with E-state index in [2.05, 4.69) is 14.7 Å². The highest BCUT2D eigenvalue weighted by Gasteiger charge is 2.44. The summed E-state index contributed by atoms with van der Waals surface area (Å²) in [4.78, 5) is 23.5. The number of carbonyl (C=O) groups is 1. The summed E-state index contributed by atoms with van der Waals surface area (Å²) in [7, 11) is 0. The van der Waals surface area contributed by atoms with Crippen molar-refractivity contribution in [2.75, 3.05) is 12.3 Å². The minimum atomic E-state index is -3.34. The third-order valence-corrected chi connectivity index (χ3v) is 6.41. The zero-order chi connectivity index (χ0) is 26.5.